The van der Waals surface area contributed by atoms with Gasteiger partial charge in [0.25, 0.3) is 0 Å². The molecule has 0 fully saturated rings. The van der Waals surface area contributed by atoms with Gasteiger partial charge in [-0.3, -0.25) is 0 Å². The van der Waals surface area contributed by atoms with Crippen molar-refractivity contribution in [3.63, 3.8) is 0 Å². The lowest BCUT2D eigenvalue weighted by atomic mass is 10.0. The van der Waals surface area contributed by atoms with Gasteiger partial charge in [-0.2, -0.15) is 9.61 Å². The second kappa shape index (κ2) is 9.29. The predicted molar refractivity (Wildman–Crippen MR) is 136 cm³/mol. The number of ether oxygens (including phenoxy) is 1. The largest absolute Gasteiger partial charge is 0.496 e. The Hall–Kier alpha value is -3.29. The van der Waals surface area contributed by atoms with Gasteiger partial charge in [0.15, 0.2) is 5.65 Å². The SMILES string of the molecule is COc1ccc(N(C)CCN(C)C)cc1-c1cnn2c(N)c(-c3cccc(Cl)c3)c(C)nc12. The molecule has 7 nitrogen and oxygen atoms in total. The summed E-state index contributed by atoms with van der Waals surface area (Å²) in [5.74, 6) is 1.27. The van der Waals surface area contributed by atoms with Crippen LogP contribution in [0.5, 0.6) is 5.75 Å². The van der Waals surface area contributed by atoms with E-state index < -0.39 is 0 Å². The van der Waals surface area contributed by atoms with E-state index in [-0.39, 0.29) is 0 Å². The smallest absolute Gasteiger partial charge is 0.165 e. The maximum absolute atomic E-state index is 6.58. The van der Waals surface area contributed by atoms with Crippen molar-refractivity contribution in [2.45, 2.75) is 6.92 Å². The number of aromatic nitrogens is 3. The lowest BCUT2D eigenvalue weighted by molar-refractivity contribution is 0.415. The highest BCUT2D eigenvalue weighted by Crippen LogP contribution is 2.38. The van der Waals surface area contributed by atoms with Crippen molar-refractivity contribution in [3.05, 3.63) is 59.4 Å². The summed E-state index contributed by atoms with van der Waals surface area (Å²) in [6, 6.07) is 13.8. The molecule has 0 aliphatic rings. The maximum Gasteiger partial charge on any atom is 0.165 e. The highest BCUT2D eigenvalue weighted by Gasteiger charge is 2.20. The molecule has 2 N–H and O–H groups in total. The molecule has 0 saturated heterocycles. The number of anilines is 2. The van der Waals surface area contributed by atoms with Gasteiger partial charge in [-0.1, -0.05) is 23.7 Å². The number of hydrogen-bond acceptors (Lipinski definition) is 6. The maximum atomic E-state index is 6.58. The molecule has 0 amide bonds. The van der Waals surface area contributed by atoms with E-state index in [9.17, 15) is 0 Å². The van der Waals surface area contributed by atoms with Crippen LogP contribution < -0.4 is 15.4 Å². The molecule has 0 spiro atoms. The van der Waals surface area contributed by atoms with Crippen LogP contribution in [0.3, 0.4) is 0 Å². The van der Waals surface area contributed by atoms with Gasteiger partial charge < -0.3 is 20.3 Å². The van der Waals surface area contributed by atoms with Crippen molar-refractivity contribution in [1.29, 1.82) is 0 Å². The van der Waals surface area contributed by atoms with Crippen LogP contribution in [0.1, 0.15) is 5.69 Å². The highest BCUT2D eigenvalue weighted by molar-refractivity contribution is 6.30. The monoisotopic (exact) mass is 464 g/mol. The zero-order valence-electron chi connectivity index (χ0n) is 19.6. The van der Waals surface area contributed by atoms with E-state index >= 15 is 0 Å². The van der Waals surface area contributed by atoms with Gasteiger partial charge in [-0.25, -0.2) is 4.98 Å². The van der Waals surface area contributed by atoms with Crippen LogP contribution in [-0.2, 0) is 0 Å². The fraction of sp³-hybridized carbons (Fsp3) is 0.280. The minimum Gasteiger partial charge on any atom is -0.496 e. The molecule has 0 atom stereocenters. The van der Waals surface area contributed by atoms with Gasteiger partial charge in [-0.15, -0.1) is 0 Å². The average Bonchev–Trinajstić information content (AvgIpc) is 3.21. The number of methoxy groups -OCH3 is 1. The van der Waals surface area contributed by atoms with Crippen LogP contribution in [-0.4, -0.2) is 60.8 Å². The Labute approximate surface area is 199 Å². The van der Waals surface area contributed by atoms with Crippen LogP contribution in [0.4, 0.5) is 11.5 Å². The third-order valence-corrected chi connectivity index (χ3v) is 6.01. The summed E-state index contributed by atoms with van der Waals surface area (Å²) in [5.41, 5.74) is 12.7. The Kier molecular flexibility index (Phi) is 6.44. The number of nitrogens with two attached hydrogens (primary N) is 1. The first-order valence-electron chi connectivity index (χ1n) is 10.7. The number of likely N-dealkylation sites (N-methyl/N-ethyl adjacent to an activating group) is 2. The number of benzene rings is 2. The second-order valence-electron chi connectivity index (χ2n) is 8.37. The van der Waals surface area contributed by atoms with Crippen LogP contribution in [0.2, 0.25) is 5.02 Å². The molecular formula is C25H29ClN6O. The lowest BCUT2D eigenvalue weighted by Gasteiger charge is -2.22. The summed E-state index contributed by atoms with van der Waals surface area (Å²) in [4.78, 5) is 9.28. The summed E-state index contributed by atoms with van der Waals surface area (Å²) in [6.07, 6.45) is 1.79. The van der Waals surface area contributed by atoms with E-state index in [1.165, 1.54) is 0 Å². The zero-order chi connectivity index (χ0) is 23.7. The van der Waals surface area contributed by atoms with Crippen molar-refractivity contribution in [3.8, 4) is 28.0 Å². The molecule has 33 heavy (non-hydrogen) atoms. The van der Waals surface area contributed by atoms with Crippen LogP contribution in [0.15, 0.2) is 48.7 Å². The number of nitrogen functional groups attached to an aromatic ring is 1. The van der Waals surface area contributed by atoms with Gasteiger partial charge in [0.05, 0.1) is 24.6 Å². The molecule has 0 bridgehead atoms. The minimum absolute atomic E-state index is 0.518. The van der Waals surface area contributed by atoms with Gasteiger partial charge in [0.2, 0.25) is 0 Å². The van der Waals surface area contributed by atoms with E-state index in [0.717, 1.165) is 52.5 Å². The molecule has 4 rings (SSSR count). The van der Waals surface area contributed by atoms with E-state index in [4.69, 9.17) is 27.1 Å². The fourth-order valence-corrected chi connectivity index (χ4v) is 4.14. The van der Waals surface area contributed by atoms with Gasteiger partial charge in [-0.05, 0) is 56.9 Å². The van der Waals surface area contributed by atoms with Crippen molar-refractivity contribution in [1.82, 2.24) is 19.5 Å². The highest BCUT2D eigenvalue weighted by atomic mass is 35.5. The van der Waals surface area contributed by atoms with Gasteiger partial charge >= 0.3 is 0 Å². The molecule has 172 valence electrons. The van der Waals surface area contributed by atoms with E-state index in [0.29, 0.717) is 16.5 Å². The van der Waals surface area contributed by atoms with Gasteiger partial charge in [0, 0.05) is 42.0 Å². The number of nitrogens with zero attached hydrogens (tertiary/aromatic N) is 5. The fourth-order valence-electron chi connectivity index (χ4n) is 3.95. The summed E-state index contributed by atoms with van der Waals surface area (Å²) in [7, 11) is 7.90. The Morgan fingerprint density at radius 1 is 1.06 bits per heavy atom. The number of halogens is 1. The lowest BCUT2D eigenvalue weighted by Crippen LogP contribution is -2.28. The summed E-state index contributed by atoms with van der Waals surface area (Å²) < 4.78 is 7.36. The van der Waals surface area contributed by atoms with Crippen molar-refractivity contribution < 1.29 is 4.74 Å². The van der Waals surface area contributed by atoms with E-state index in [1.807, 2.05) is 37.3 Å². The second-order valence-corrected chi connectivity index (χ2v) is 8.81. The van der Waals surface area contributed by atoms with Crippen LogP contribution in [0, 0.1) is 6.92 Å². The quantitative estimate of drug-likeness (QED) is 0.430. The molecule has 0 radical (unpaired) electrons. The molecular weight excluding hydrogens is 436 g/mol. The molecule has 4 aromatic rings. The molecule has 2 heterocycles. The normalized spacial score (nSPS) is 11.4. The molecule has 0 unspecified atom stereocenters. The van der Waals surface area contributed by atoms with Crippen LogP contribution in [0.25, 0.3) is 27.9 Å². The zero-order valence-corrected chi connectivity index (χ0v) is 20.4. The third kappa shape index (κ3) is 4.47. The molecule has 8 heteroatoms. The van der Waals surface area contributed by atoms with Crippen LogP contribution >= 0.6 is 11.6 Å². The summed E-state index contributed by atoms with van der Waals surface area (Å²) >= 11 is 6.21. The molecule has 0 aliphatic carbocycles. The number of rotatable bonds is 7. The number of aryl methyl sites for hydroxylation is 1. The van der Waals surface area contributed by atoms with Crippen molar-refractivity contribution >= 4 is 28.8 Å². The standard InChI is InChI=1S/C25H29ClN6O/c1-16-23(17-7-6-8-18(26)13-17)24(27)32-25(29-16)21(15-28-32)20-14-19(9-10-22(20)33-5)31(4)12-11-30(2)3/h6-10,13-15H,11-12,27H2,1-5H3. The Morgan fingerprint density at radius 3 is 2.55 bits per heavy atom. The first-order chi connectivity index (χ1) is 15.8. The molecule has 0 aliphatic heterocycles. The first-order valence-corrected chi connectivity index (χ1v) is 11.1. The predicted octanol–water partition coefficient (Wildman–Crippen LogP) is 4.61. The molecule has 0 saturated carbocycles. The minimum atomic E-state index is 0.518. The van der Waals surface area contributed by atoms with Crippen molar-refractivity contribution in [2.75, 3.05) is 52.0 Å². The Bertz CT molecular complexity index is 1300. The Balaban J connectivity index is 1.83. The first kappa shape index (κ1) is 22.9. The average molecular weight is 465 g/mol. The third-order valence-electron chi connectivity index (χ3n) is 5.77. The Morgan fingerprint density at radius 2 is 1.85 bits per heavy atom. The molecule has 2 aromatic carbocycles. The summed E-state index contributed by atoms with van der Waals surface area (Å²) in [5, 5.41) is 5.22. The van der Waals surface area contributed by atoms with Gasteiger partial charge in [0.1, 0.15) is 11.6 Å². The molecule has 2 aromatic heterocycles. The van der Waals surface area contributed by atoms with E-state index in [2.05, 4.69) is 48.2 Å². The summed E-state index contributed by atoms with van der Waals surface area (Å²) in [6.45, 7) is 3.81. The number of hydrogen-bond donors (Lipinski definition) is 1. The van der Waals surface area contributed by atoms with E-state index in [1.54, 1.807) is 17.8 Å². The topological polar surface area (TPSA) is 71.9 Å². The van der Waals surface area contributed by atoms with Crippen molar-refractivity contribution in [2.24, 2.45) is 0 Å². The number of fused-ring (bicyclic) bond motifs is 1.